The molecule has 0 amide bonds. The standard InChI is InChI=1S/C45H28N4Si/c1-48-34-25-26-39(44(29-34)49-42-23-12-11-21-38(42)41-28-32(30-46)24-27-43(41)49)40-22-13-14-33(31-47)45(40)50(35-15-5-2-6-16-35,36-17-7-3-8-18-36)37-19-9-4-10-20-37/h2-29H. The first-order chi connectivity index (χ1) is 24.7. The minimum atomic E-state index is -3.17. The van der Waals surface area contributed by atoms with Gasteiger partial charge in [-0.1, -0.05) is 133 Å². The normalized spacial score (nSPS) is 11.1. The lowest BCUT2D eigenvalue weighted by Crippen LogP contribution is -2.75. The number of rotatable bonds is 6. The van der Waals surface area contributed by atoms with E-state index in [1.54, 1.807) is 0 Å². The second kappa shape index (κ2) is 12.6. The highest BCUT2D eigenvalue weighted by Crippen LogP contribution is 2.38. The van der Waals surface area contributed by atoms with Gasteiger partial charge in [0.1, 0.15) is 0 Å². The van der Waals surface area contributed by atoms with Gasteiger partial charge in [-0.2, -0.15) is 10.5 Å². The second-order valence-electron chi connectivity index (χ2n) is 12.2. The summed E-state index contributed by atoms with van der Waals surface area (Å²) in [7, 11) is -3.17. The van der Waals surface area contributed by atoms with Crippen molar-refractivity contribution >= 4 is 56.3 Å². The largest absolute Gasteiger partial charge is 0.310 e. The Kier molecular flexibility index (Phi) is 7.63. The number of hydrogen-bond acceptors (Lipinski definition) is 2. The fraction of sp³-hybridized carbons (Fsp3) is 0. The summed E-state index contributed by atoms with van der Waals surface area (Å²) in [6, 6.07) is 62.6. The van der Waals surface area contributed by atoms with Crippen molar-refractivity contribution in [3.05, 3.63) is 192 Å². The number of aromatic nitrogens is 1. The zero-order valence-corrected chi connectivity index (χ0v) is 28.0. The molecule has 0 aliphatic carbocycles. The van der Waals surface area contributed by atoms with E-state index in [-0.39, 0.29) is 0 Å². The summed E-state index contributed by atoms with van der Waals surface area (Å²) >= 11 is 0. The molecule has 8 rings (SSSR count). The summed E-state index contributed by atoms with van der Waals surface area (Å²) in [5.41, 5.74) is 6.31. The van der Waals surface area contributed by atoms with Gasteiger partial charge < -0.3 is 4.57 Å². The molecule has 0 aliphatic heterocycles. The molecule has 1 heterocycles. The van der Waals surface area contributed by atoms with Crippen molar-refractivity contribution in [2.75, 3.05) is 0 Å². The van der Waals surface area contributed by atoms with Crippen molar-refractivity contribution in [2.24, 2.45) is 0 Å². The van der Waals surface area contributed by atoms with Crippen molar-refractivity contribution < 1.29 is 0 Å². The summed E-state index contributed by atoms with van der Waals surface area (Å²) in [5, 5.41) is 27.2. The topological polar surface area (TPSA) is 56.9 Å². The molecule has 0 aliphatic rings. The number of nitrogens with zero attached hydrogens (tertiary/aromatic N) is 4. The van der Waals surface area contributed by atoms with Gasteiger partial charge in [0.25, 0.3) is 0 Å². The maximum Gasteiger partial charge on any atom is 0.189 e. The smallest absolute Gasteiger partial charge is 0.189 e. The average molecular weight is 653 g/mol. The van der Waals surface area contributed by atoms with Crippen molar-refractivity contribution in [2.45, 2.75) is 0 Å². The van der Waals surface area contributed by atoms with E-state index in [2.05, 4.69) is 113 Å². The van der Waals surface area contributed by atoms with E-state index in [1.807, 2.05) is 78.9 Å². The first-order valence-corrected chi connectivity index (χ1v) is 18.3. The van der Waals surface area contributed by atoms with Crippen LogP contribution in [0.4, 0.5) is 5.69 Å². The van der Waals surface area contributed by atoms with Gasteiger partial charge >= 0.3 is 0 Å². The molecular weight excluding hydrogens is 625 g/mol. The van der Waals surface area contributed by atoms with Crippen LogP contribution in [-0.2, 0) is 0 Å². The van der Waals surface area contributed by atoms with E-state index in [4.69, 9.17) is 6.57 Å². The molecule has 0 radical (unpaired) electrons. The maximum absolute atomic E-state index is 11.0. The molecule has 0 unspecified atom stereocenters. The fourth-order valence-corrected chi connectivity index (χ4v) is 12.7. The molecule has 0 fully saturated rings. The molecule has 0 bridgehead atoms. The van der Waals surface area contributed by atoms with E-state index in [9.17, 15) is 10.5 Å². The SMILES string of the molecule is [C-]#[N+]c1ccc(-c2cccc(C#N)c2[Si](c2ccccc2)(c2ccccc2)c2ccccc2)c(-n2c3ccccc3c3cc(C#N)ccc32)c1. The Balaban J connectivity index is 1.56. The Morgan fingerprint density at radius 1 is 0.520 bits per heavy atom. The van der Waals surface area contributed by atoms with E-state index >= 15 is 0 Å². The van der Waals surface area contributed by atoms with Crippen LogP contribution < -0.4 is 20.7 Å². The molecule has 4 nitrogen and oxygen atoms in total. The second-order valence-corrected chi connectivity index (χ2v) is 15.9. The van der Waals surface area contributed by atoms with Crippen LogP contribution in [0.5, 0.6) is 0 Å². The van der Waals surface area contributed by atoms with Crippen molar-refractivity contribution in [3.63, 3.8) is 0 Å². The molecule has 50 heavy (non-hydrogen) atoms. The lowest BCUT2D eigenvalue weighted by molar-refractivity contribution is 1.18. The molecule has 232 valence electrons. The monoisotopic (exact) mass is 652 g/mol. The average Bonchev–Trinajstić information content (AvgIpc) is 3.52. The minimum absolute atomic E-state index is 0.513. The minimum Gasteiger partial charge on any atom is -0.310 e. The van der Waals surface area contributed by atoms with Gasteiger partial charge in [-0.15, -0.1) is 0 Å². The molecule has 0 spiro atoms. The first kappa shape index (κ1) is 30.4. The molecule has 0 saturated heterocycles. The maximum atomic E-state index is 11.0. The Morgan fingerprint density at radius 2 is 1.12 bits per heavy atom. The van der Waals surface area contributed by atoms with E-state index in [0.29, 0.717) is 16.8 Å². The van der Waals surface area contributed by atoms with Crippen LogP contribution in [0.1, 0.15) is 11.1 Å². The summed E-state index contributed by atoms with van der Waals surface area (Å²) in [6.45, 7) is 8.01. The van der Waals surface area contributed by atoms with Crippen LogP contribution >= 0.6 is 0 Å². The summed E-state index contributed by atoms with van der Waals surface area (Å²) in [6.07, 6.45) is 0. The summed E-state index contributed by atoms with van der Waals surface area (Å²) in [5.74, 6) is 0. The van der Waals surface area contributed by atoms with Gasteiger partial charge in [-0.3, -0.25) is 0 Å². The molecule has 8 aromatic rings. The zero-order chi connectivity index (χ0) is 34.1. The van der Waals surface area contributed by atoms with Crippen LogP contribution in [-0.4, -0.2) is 12.6 Å². The van der Waals surface area contributed by atoms with Gasteiger partial charge in [0, 0.05) is 22.0 Å². The Labute approximate surface area is 291 Å². The Bertz CT molecular complexity index is 2580. The summed E-state index contributed by atoms with van der Waals surface area (Å²) in [4.78, 5) is 3.86. The molecule has 0 N–H and O–H groups in total. The van der Waals surface area contributed by atoms with Crippen molar-refractivity contribution in [3.8, 4) is 29.0 Å². The highest BCUT2D eigenvalue weighted by molar-refractivity contribution is 7.20. The highest BCUT2D eigenvalue weighted by atomic mass is 28.3. The number of benzene rings is 7. The highest BCUT2D eigenvalue weighted by Gasteiger charge is 2.44. The van der Waals surface area contributed by atoms with E-state index < -0.39 is 8.07 Å². The van der Waals surface area contributed by atoms with Crippen LogP contribution in [0.3, 0.4) is 0 Å². The third kappa shape index (κ3) is 4.72. The first-order valence-electron chi connectivity index (χ1n) is 16.3. The van der Waals surface area contributed by atoms with Gasteiger partial charge in [-0.25, -0.2) is 4.85 Å². The Hall–Kier alpha value is -6.97. The molecule has 0 atom stereocenters. The molecule has 0 saturated carbocycles. The third-order valence-electron chi connectivity index (χ3n) is 9.62. The quantitative estimate of drug-likeness (QED) is 0.104. The molecule has 5 heteroatoms. The predicted molar refractivity (Wildman–Crippen MR) is 206 cm³/mol. The van der Waals surface area contributed by atoms with Gasteiger partial charge in [0.2, 0.25) is 0 Å². The van der Waals surface area contributed by atoms with Crippen molar-refractivity contribution in [1.29, 1.82) is 10.5 Å². The lowest BCUT2D eigenvalue weighted by atomic mass is 10.00. The van der Waals surface area contributed by atoms with Gasteiger partial charge in [0.15, 0.2) is 13.8 Å². The lowest BCUT2D eigenvalue weighted by Gasteiger charge is -2.37. The van der Waals surface area contributed by atoms with Crippen LogP contribution in [0, 0.1) is 29.2 Å². The van der Waals surface area contributed by atoms with Crippen LogP contribution in [0.15, 0.2) is 170 Å². The molecule has 7 aromatic carbocycles. The van der Waals surface area contributed by atoms with E-state index in [1.165, 1.54) is 15.6 Å². The molecule has 1 aromatic heterocycles. The zero-order valence-electron chi connectivity index (χ0n) is 27.0. The van der Waals surface area contributed by atoms with Gasteiger partial charge in [-0.05, 0) is 62.7 Å². The number of nitriles is 2. The van der Waals surface area contributed by atoms with Crippen molar-refractivity contribution in [1.82, 2.24) is 4.57 Å². The molecular formula is C45H28N4Si. The fourth-order valence-electron chi connectivity index (χ4n) is 7.58. The van der Waals surface area contributed by atoms with Crippen LogP contribution in [0.2, 0.25) is 0 Å². The van der Waals surface area contributed by atoms with Gasteiger partial charge in [0.05, 0.1) is 40.9 Å². The summed E-state index contributed by atoms with van der Waals surface area (Å²) < 4.78 is 2.20. The number of fused-ring (bicyclic) bond motifs is 3. The number of hydrogen-bond donors (Lipinski definition) is 0. The third-order valence-corrected chi connectivity index (χ3v) is 14.5. The van der Waals surface area contributed by atoms with E-state index in [0.717, 1.165) is 43.8 Å². The Morgan fingerprint density at radius 3 is 1.72 bits per heavy atom. The predicted octanol–water partition coefficient (Wildman–Crippen LogP) is 8.12. The van der Waals surface area contributed by atoms with Crippen LogP contribution in [0.25, 0.3) is 43.5 Å². The number of para-hydroxylation sites is 1.